The number of nitrogens with zero attached hydrogens (tertiary/aromatic N) is 2. The Morgan fingerprint density at radius 3 is 1.22 bits per heavy atom. The monoisotopic (exact) mass is 710 g/mol. The van der Waals surface area contributed by atoms with E-state index in [-0.39, 0.29) is 50.3 Å². The number of phenols is 2. The van der Waals surface area contributed by atoms with E-state index >= 15 is 0 Å². The van der Waals surface area contributed by atoms with E-state index in [0.29, 0.717) is 36.3 Å². The van der Waals surface area contributed by atoms with Gasteiger partial charge in [-0.2, -0.15) is 0 Å². The molecule has 41 heavy (non-hydrogen) atoms. The molecule has 0 spiro atoms. The van der Waals surface area contributed by atoms with Crippen molar-refractivity contribution in [3.8, 4) is 23.0 Å². The number of phenolic OH excluding ortho intramolecular Hbond substituents is 2. The van der Waals surface area contributed by atoms with Crippen molar-refractivity contribution in [2.24, 2.45) is 9.98 Å². The van der Waals surface area contributed by atoms with Crippen LogP contribution in [0.4, 0.5) is 0 Å². The standard InChI is InChI=1S/2C13H21NO5Si.Cd/c2*1-17-20(18-2,19-3)8-4-7-14-10-11-5-6-12(15)9-13(11)16;/h2*5-6,9-10,15-16H,4,7-8H2,1-3H3;/q;;+2/p-2. The fourth-order valence-corrected chi connectivity index (χ4v) is 6.88. The summed E-state index contributed by atoms with van der Waals surface area (Å²) in [7, 11) is 4.36. The second-order valence-electron chi connectivity index (χ2n) is 8.31. The maximum atomic E-state index is 11.5. The number of rotatable bonds is 16. The molecule has 0 unspecified atom stereocenters. The second-order valence-corrected chi connectivity index (χ2v) is 14.5. The van der Waals surface area contributed by atoms with Gasteiger partial charge in [-0.15, -0.1) is 0 Å². The first-order valence-corrected chi connectivity index (χ1v) is 16.3. The van der Waals surface area contributed by atoms with Gasteiger partial charge in [-0.3, -0.25) is 9.98 Å². The van der Waals surface area contributed by atoms with E-state index in [0.717, 1.165) is 12.8 Å². The summed E-state index contributed by atoms with van der Waals surface area (Å²) in [5, 5.41) is 41.3. The third-order valence-electron chi connectivity index (χ3n) is 5.86. The number of hydrogen-bond acceptors (Lipinski definition) is 12. The smallest absolute Gasteiger partial charge is 0.872 e. The quantitative estimate of drug-likeness (QED) is 0.150. The van der Waals surface area contributed by atoms with Gasteiger partial charge in [0.1, 0.15) is 11.5 Å². The van der Waals surface area contributed by atoms with Crippen molar-refractivity contribution in [3.05, 3.63) is 47.5 Å². The van der Waals surface area contributed by atoms with Crippen molar-refractivity contribution in [2.45, 2.75) is 24.9 Å². The molecule has 0 bridgehead atoms. The van der Waals surface area contributed by atoms with Gasteiger partial charge in [-0.05, 0) is 48.2 Å². The molecule has 0 atom stereocenters. The van der Waals surface area contributed by atoms with E-state index in [1.54, 1.807) is 54.8 Å². The van der Waals surface area contributed by atoms with Crippen LogP contribution in [-0.2, 0) is 53.9 Å². The molecular formula is C26H40CdN2O10Si2. The van der Waals surface area contributed by atoms with Crippen molar-refractivity contribution in [3.63, 3.8) is 0 Å². The molecule has 0 aliphatic heterocycles. The summed E-state index contributed by atoms with van der Waals surface area (Å²) in [4.78, 5) is 8.37. The van der Waals surface area contributed by atoms with Gasteiger partial charge in [-0.1, -0.05) is 23.6 Å². The Balaban J connectivity index is 0.000000762. The number of benzene rings is 2. The zero-order valence-electron chi connectivity index (χ0n) is 24.6. The molecule has 0 radical (unpaired) electrons. The van der Waals surface area contributed by atoms with Crippen LogP contribution in [0.25, 0.3) is 0 Å². The second kappa shape index (κ2) is 20.9. The maximum absolute atomic E-state index is 11.5. The first kappa shape index (κ1) is 39.1. The first-order valence-electron chi connectivity index (χ1n) is 12.4. The number of hydrogen-bond donors (Lipinski definition) is 2. The minimum atomic E-state index is -2.53. The van der Waals surface area contributed by atoms with E-state index in [4.69, 9.17) is 36.8 Å². The number of aromatic hydroxyl groups is 2. The van der Waals surface area contributed by atoms with Crippen molar-refractivity contribution < 1.29 is 74.3 Å². The molecule has 2 aromatic carbocycles. The molecule has 2 rings (SSSR count). The molecule has 0 fully saturated rings. The Morgan fingerprint density at radius 2 is 0.951 bits per heavy atom. The summed E-state index contributed by atoms with van der Waals surface area (Å²) in [6.45, 7) is 1.09. The van der Waals surface area contributed by atoms with Crippen LogP contribution >= 0.6 is 0 Å². The van der Waals surface area contributed by atoms with Gasteiger partial charge < -0.3 is 47.0 Å². The fraction of sp³-hybridized carbons (Fsp3) is 0.462. The summed E-state index contributed by atoms with van der Waals surface area (Å²) in [5.74, 6) is -0.572. The van der Waals surface area contributed by atoms with Crippen LogP contribution in [0.1, 0.15) is 24.0 Å². The Bertz CT molecular complexity index is 971. The third-order valence-corrected chi connectivity index (χ3v) is 11.5. The van der Waals surface area contributed by atoms with E-state index in [2.05, 4.69) is 9.98 Å². The average molecular weight is 709 g/mol. The van der Waals surface area contributed by atoms with Gasteiger partial charge in [0, 0.05) is 80.3 Å². The van der Waals surface area contributed by atoms with Gasteiger partial charge >= 0.3 is 44.9 Å². The van der Waals surface area contributed by atoms with Crippen LogP contribution in [0.2, 0.25) is 12.1 Å². The molecule has 2 aromatic rings. The molecule has 0 saturated carbocycles. The minimum absolute atomic E-state index is 0. The third kappa shape index (κ3) is 13.7. The molecule has 12 nitrogen and oxygen atoms in total. The van der Waals surface area contributed by atoms with Crippen LogP contribution in [-0.4, -0.2) is 96.0 Å². The predicted molar refractivity (Wildman–Crippen MR) is 152 cm³/mol. The molecular weight excluding hydrogens is 669 g/mol. The molecule has 224 valence electrons. The van der Waals surface area contributed by atoms with Crippen LogP contribution < -0.4 is 10.2 Å². The van der Waals surface area contributed by atoms with Crippen LogP contribution in [0.5, 0.6) is 23.0 Å². The Labute approximate surface area is 264 Å². The SMILES string of the molecule is CO[Si](CCCN=Cc1ccc(O)cc1[O-])(OC)OC.CO[Si](CCCN=Cc1ccc(O)cc1[O-])(OC)OC.[Cd+2]. The molecule has 2 N–H and O–H groups in total. The molecule has 0 saturated heterocycles. The zero-order chi connectivity index (χ0) is 30.0. The fourth-order valence-electron chi connectivity index (χ4n) is 3.47. The molecule has 0 amide bonds. The van der Waals surface area contributed by atoms with Crippen LogP contribution in [0.3, 0.4) is 0 Å². The minimum Gasteiger partial charge on any atom is -0.872 e. The van der Waals surface area contributed by atoms with Crippen LogP contribution in [0, 0.1) is 0 Å². The summed E-state index contributed by atoms with van der Waals surface area (Å²) in [6.07, 6.45) is 4.50. The van der Waals surface area contributed by atoms with E-state index < -0.39 is 17.6 Å². The van der Waals surface area contributed by atoms with Crippen molar-refractivity contribution in [2.75, 3.05) is 55.7 Å². The maximum Gasteiger partial charge on any atom is 2.00 e. The van der Waals surface area contributed by atoms with Crippen molar-refractivity contribution in [1.29, 1.82) is 0 Å². The van der Waals surface area contributed by atoms with Gasteiger partial charge in [0.25, 0.3) is 0 Å². The average Bonchev–Trinajstić information content (AvgIpc) is 2.96. The first-order chi connectivity index (χ1) is 19.1. The molecule has 0 aliphatic rings. The molecule has 0 aromatic heterocycles. The Kier molecular flexibility index (Phi) is 19.9. The van der Waals surface area contributed by atoms with E-state index in [1.165, 1.54) is 36.7 Å². The van der Waals surface area contributed by atoms with E-state index in [1.807, 2.05) is 0 Å². The Morgan fingerprint density at radius 1 is 0.634 bits per heavy atom. The summed E-state index contributed by atoms with van der Waals surface area (Å²) < 4.78 is 31.8. The number of aliphatic imine (C=N–C) groups is 2. The van der Waals surface area contributed by atoms with E-state index in [9.17, 15) is 10.2 Å². The topological polar surface area (TPSA) is 167 Å². The summed E-state index contributed by atoms with van der Waals surface area (Å²) in [6, 6.07) is 9.66. The van der Waals surface area contributed by atoms with Crippen molar-refractivity contribution >= 4 is 30.0 Å². The van der Waals surface area contributed by atoms with Gasteiger partial charge in [0.2, 0.25) is 0 Å². The molecule has 0 heterocycles. The summed E-state index contributed by atoms with van der Waals surface area (Å²) in [5.41, 5.74) is 0.910. The van der Waals surface area contributed by atoms with Crippen molar-refractivity contribution in [1.82, 2.24) is 0 Å². The Hall–Kier alpha value is -1.90. The normalized spacial score (nSPS) is 11.9. The van der Waals surface area contributed by atoms with Gasteiger partial charge in [-0.25, -0.2) is 0 Å². The summed E-state index contributed by atoms with van der Waals surface area (Å²) >= 11 is 0. The predicted octanol–water partition coefficient (Wildman–Crippen LogP) is 2.30. The van der Waals surface area contributed by atoms with Gasteiger partial charge in [0.05, 0.1) is 0 Å². The zero-order valence-corrected chi connectivity index (χ0v) is 30.7. The van der Waals surface area contributed by atoms with Crippen LogP contribution in [0.15, 0.2) is 46.4 Å². The molecule has 15 heteroatoms. The largest absolute Gasteiger partial charge is 2.00 e. The molecule has 0 aliphatic carbocycles. The van der Waals surface area contributed by atoms with Gasteiger partial charge in [0.15, 0.2) is 0 Å².